The second-order valence-corrected chi connectivity index (χ2v) is 17.2. The zero-order chi connectivity index (χ0) is 39.5. The molecule has 1 aromatic heterocycles. The molecular weight excluding hydrogens is 731 g/mol. The summed E-state index contributed by atoms with van der Waals surface area (Å²) < 4.78 is 2.65. The summed E-state index contributed by atoms with van der Waals surface area (Å²) >= 11 is 1.87. The maximum Gasteiger partial charge on any atom is 0.0467 e. The Morgan fingerprint density at radius 3 is 1.66 bits per heavy atom. The number of nitrogens with zero attached hydrogens (tertiary/aromatic N) is 1. The fourth-order valence-corrected chi connectivity index (χ4v) is 10.4. The molecule has 0 radical (unpaired) electrons. The predicted molar refractivity (Wildman–Crippen MR) is 253 cm³/mol. The average molecular weight is 772 g/mol. The van der Waals surface area contributed by atoms with Gasteiger partial charge in [-0.2, -0.15) is 0 Å². The van der Waals surface area contributed by atoms with Crippen molar-refractivity contribution in [3.63, 3.8) is 0 Å². The lowest BCUT2D eigenvalue weighted by Crippen LogP contribution is -2.15. The lowest BCUT2D eigenvalue weighted by molar-refractivity contribution is 0.661. The lowest BCUT2D eigenvalue weighted by atomic mass is 9.80. The topological polar surface area (TPSA) is 3.24 Å². The minimum Gasteiger partial charge on any atom is -0.310 e. The largest absolute Gasteiger partial charge is 0.310 e. The van der Waals surface area contributed by atoms with Crippen molar-refractivity contribution >= 4 is 48.6 Å². The van der Waals surface area contributed by atoms with Crippen LogP contribution < -0.4 is 4.90 Å². The number of fused-ring (bicyclic) bond motifs is 6. The van der Waals surface area contributed by atoms with Gasteiger partial charge in [-0.15, -0.1) is 11.3 Å². The smallest absolute Gasteiger partial charge is 0.0467 e. The van der Waals surface area contributed by atoms with Crippen LogP contribution in [0.1, 0.15) is 25.0 Å². The van der Waals surface area contributed by atoms with Gasteiger partial charge < -0.3 is 4.90 Å². The molecule has 1 aliphatic rings. The molecule has 0 spiro atoms. The summed E-state index contributed by atoms with van der Waals surface area (Å²) in [6.45, 7) is 4.76. The summed E-state index contributed by atoms with van der Waals surface area (Å²) in [6, 6.07) is 78.0. The number of rotatable bonds is 7. The summed E-state index contributed by atoms with van der Waals surface area (Å²) in [6.07, 6.45) is 0. The fourth-order valence-electron chi connectivity index (χ4n) is 9.25. The second-order valence-electron chi connectivity index (χ2n) is 16.1. The van der Waals surface area contributed by atoms with Crippen molar-refractivity contribution in [1.82, 2.24) is 0 Å². The minimum absolute atomic E-state index is 0.154. The Labute approximate surface area is 350 Å². The van der Waals surface area contributed by atoms with Gasteiger partial charge in [0.15, 0.2) is 0 Å². The molecule has 9 aromatic carbocycles. The summed E-state index contributed by atoms with van der Waals surface area (Å²) in [4.78, 5) is 2.37. The highest BCUT2D eigenvalue weighted by Gasteiger charge is 2.38. The molecule has 59 heavy (non-hydrogen) atoms. The third-order valence-electron chi connectivity index (χ3n) is 12.3. The highest BCUT2D eigenvalue weighted by atomic mass is 32.1. The molecule has 0 bridgehead atoms. The van der Waals surface area contributed by atoms with Crippen molar-refractivity contribution in [3.05, 3.63) is 223 Å². The summed E-state index contributed by atoms with van der Waals surface area (Å²) in [5.41, 5.74) is 18.5. The summed E-state index contributed by atoms with van der Waals surface area (Å²) in [5, 5.41) is 2.66. The van der Waals surface area contributed by atoms with Gasteiger partial charge in [0.25, 0.3) is 0 Å². The number of para-hydroxylation sites is 1. The van der Waals surface area contributed by atoms with Crippen LogP contribution in [0.5, 0.6) is 0 Å². The molecule has 1 heterocycles. The molecule has 0 saturated heterocycles. The van der Waals surface area contributed by atoms with E-state index in [4.69, 9.17) is 0 Å². The molecule has 280 valence electrons. The second kappa shape index (κ2) is 14.1. The molecule has 0 N–H and O–H groups in total. The molecule has 0 fully saturated rings. The predicted octanol–water partition coefficient (Wildman–Crippen LogP) is 16.5. The lowest BCUT2D eigenvalue weighted by Gasteiger charge is -2.26. The van der Waals surface area contributed by atoms with Gasteiger partial charge in [-0.3, -0.25) is 0 Å². The minimum atomic E-state index is -0.154. The van der Waals surface area contributed by atoms with Crippen LogP contribution in [0.2, 0.25) is 0 Å². The van der Waals surface area contributed by atoms with Gasteiger partial charge in [0.1, 0.15) is 0 Å². The van der Waals surface area contributed by atoms with Crippen LogP contribution >= 0.6 is 11.3 Å². The van der Waals surface area contributed by atoms with E-state index in [1.54, 1.807) is 0 Å². The Morgan fingerprint density at radius 1 is 0.339 bits per heavy atom. The first-order valence-electron chi connectivity index (χ1n) is 20.4. The number of benzene rings is 9. The number of hydrogen-bond donors (Lipinski definition) is 0. The van der Waals surface area contributed by atoms with E-state index in [2.05, 4.69) is 231 Å². The van der Waals surface area contributed by atoms with Crippen LogP contribution in [-0.4, -0.2) is 0 Å². The average Bonchev–Trinajstić information content (AvgIpc) is 3.78. The molecule has 2 heteroatoms. The Bertz CT molecular complexity index is 3160. The molecule has 0 atom stereocenters. The number of thiophene rings is 1. The maximum atomic E-state index is 2.44. The molecule has 0 aliphatic heterocycles. The Morgan fingerprint density at radius 2 is 0.881 bits per heavy atom. The van der Waals surface area contributed by atoms with Gasteiger partial charge in [-0.1, -0.05) is 159 Å². The Kier molecular flexibility index (Phi) is 8.43. The van der Waals surface area contributed by atoms with Crippen molar-refractivity contribution in [3.8, 4) is 55.6 Å². The Balaban J connectivity index is 0.991. The van der Waals surface area contributed by atoms with Crippen molar-refractivity contribution in [2.45, 2.75) is 19.3 Å². The Hall–Kier alpha value is -7.00. The van der Waals surface area contributed by atoms with Gasteiger partial charge >= 0.3 is 0 Å². The normalized spacial score (nSPS) is 12.7. The molecule has 1 nitrogen and oxygen atoms in total. The van der Waals surface area contributed by atoms with Gasteiger partial charge in [-0.05, 0) is 133 Å². The van der Waals surface area contributed by atoms with Crippen LogP contribution in [-0.2, 0) is 5.41 Å². The third-order valence-corrected chi connectivity index (χ3v) is 13.4. The van der Waals surface area contributed by atoms with Gasteiger partial charge in [0, 0.05) is 42.6 Å². The highest BCUT2D eigenvalue weighted by molar-refractivity contribution is 7.25. The quantitative estimate of drug-likeness (QED) is 0.156. The SMILES string of the molecule is CC1(C)c2ccc(-c3cccc(N(c4ccccc4)c4ccc(-c5ccc6c(c5)sc5ccccc56)cc4)c3)cc2-c2c(-c3ccccc3)cc(-c3ccccc3)cc21. The first-order chi connectivity index (χ1) is 29.0. The third kappa shape index (κ3) is 6.07. The van der Waals surface area contributed by atoms with Gasteiger partial charge in [-0.25, -0.2) is 0 Å². The molecule has 0 unspecified atom stereocenters. The molecule has 0 saturated carbocycles. The van der Waals surface area contributed by atoms with E-state index < -0.39 is 0 Å². The summed E-state index contributed by atoms with van der Waals surface area (Å²) in [5.74, 6) is 0. The van der Waals surface area contributed by atoms with Crippen molar-refractivity contribution in [1.29, 1.82) is 0 Å². The summed E-state index contributed by atoms with van der Waals surface area (Å²) in [7, 11) is 0. The number of hydrogen-bond acceptors (Lipinski definition) is 2. The van der Waals surface area contributed by atoms with Crippen LogP contribution in [0.3, 0.4) is 0 Å². The van der Waals surface area contributed by atoms with E-state index in [0.29, 0.717) is 0 Å². The zero-order valence-corrected chi connectivity index (χ0v) is 33.9. The molecule has 0 amide bonds. The molecule has 10 aromatic rings. The van der Waals surface area contributed by atoms with E-state index >= 15 is 0 Å². The van der Waals surface area contributed by atoms with Gasteiger partial charge in [0.2, 0.25) is 0 Å². The van der Waals surface area contributed by atoms with E-state index in [1.807, 2.05) is 11.3 Å². The standard InChI is InChI=1S/C57H41NS/c1-57(2)52-32-28-42(34-51(52)56-50(40-17-8-4-9-18-40)35-44(36-53(56)57)38-15-6-3-7-16-38)41-19-14-22-47(33-41)58(45-20-10-5-11-21-45)46-29-25-39(26-30-46)43-27-31-49-48-23-12-13-24-54(48)59-55(49)37-43/h3-37H,1-2H3. The van der Waals surface area contributed by atoms with Crippen molar-refractivity contribution < 1.29 is 0 Å². The van der Waals surface area contributed by atoms with Crippen molar-refractivity contribution in [2.75, 3.05) is 4.90 Å². The molecule has 11 rings (SSSR count). The molecular formula is C57H41NS. The van der Waals surface area contributed by atoms with Crippen LogP contribution in [0.15, 0.2) is 212 Å². The first-order valence-corrected chi connectivity index (χ1v) is 21.2. The monoisotopic (exact) mass is 771 g/mol. The van der Waals surface area contributed by atoms with Gasteiger partial charge in [0.05, 0.1) is 0 Å². The highest BCUT2D eigenvalue weighted by Crippen LogP contribution is 2.54. The zero-order valence-electron chi connectivity index (χ0n) is 33.1. The van der Waals surface area contributed by atoms with E-state index in [1.165, 1.54) is 86.9 Å². The fraction of sp³-hybridized carbons (Fsp3) is 0.0526. The van der Waals surface area contributed by atoms with Crippen LogP contribution in [0.25, 0.3) is 75.8 Å². The first kappa shape index (κ1) is 35.2. The van der Waals surface area contributed by atoms with Crippen LogP contribution in [0.4, 0.5) is 17.1 Å². The molecule has 1 aliphatic carbocycles. The van der Waals surface area contributed by atoms with E-state index in [9.17, 15) is 0 Å². The van der Waals surface area contributed by atoms with E-state index in [-0.39, 0.29) is 5.41 Å². The maximum absolute atomic E-state index is 2.44. The number of anilines is 3. The van der Waals surface area contributed by atoms with Crippen LogP contribution in [0, 0.1) is 0 Å². The van der Waals surface area contributed by atoms with E-state index in [0.717, 1.165) is 17.1 Å². The van der Waals surface area contributed by atoms with Crippen molar-refractivity contribution in [2.24, 2.45) is 0 Å².